The maximum Gasteiger partial charge on any atom is 0.231 e. The van der Waals surface area contributed by atoms with Crippen LogP contribution in [0.3, 0.4) is 0 Å². The lowest BCUT2D eigenvalue weighted by Gasteiger charge is -2.14. The first-order valence-corrected chi connectivity index (χ1v) is 6.99. The third kappa shape index (κ3) is 3.44. The lowest BCUT2D eigenvalue weighted by molar-refractivity contribution is -0.117. The van der Waals surface area contributed by atoms with Gasteiger partial charge < -0.3 is 5.32 Å². The van der Waals surface area contributed by atoms with Crippen LogP contribution in [0.25, 0.3) is 0 Å². The Kier molecular flexibility index (Phi) is 4.38. The molecule has 3 heteroatoms. The maximum absolute atomic E-state index is 12.2. The summed E-state index contributed by atoms with van der Waals surface area (Å²) in [5, 5.41) is 2.98. The monoisotopic (exact) mass is 317 g/mol. The first-order valence-electron chi connectivity index (χ1n) is 6.20. The van der Waals surface area contributed by atoms with Gasteiger partial charge in [0.25, 0.3) is 0 Å². The van der Waals surface area contributed by atoms with Gasteiger partial charge in [-0.05, 0) is 43.2 Å². The zero-order valence-corrected chi connectivity index (χ0v) is 12.6. The molecule has 0 fully saturated rings. The molecule has 0 aliphatic carbocycles. The van der Waals surface area contributed by atoms with Crippen LogP contribution in [0.2, 0.25) is 0 Å². The quantitative estimate of drug-likeness (QED) is 0.887. The van der Waals surface area contributed by atoms with Crippen LogP contribution in [0.4, 0.5) is 5.69 Å². The second-order valence-electron chi connectivity index (χ2n) is 4.58. The summed E-state index contributed by atoms with van der Waals surface area (Å²) in [6.45, 7) is 3.90. The Bertz CT molecular complexity index is 581. The Morgan fingerprint density at radius 2 is 1.84 bits per heavy atom. The van der Waals surface area contributed by atoms with Gasteiger partial charge in [-0.1, -0.05) is 46.3 Å². The van der Waals surface area contributed by atoms with Crippen molar-refractivity contribution in [1.29, 1.82) is 0 Å². The first-order chi connectivity index (χ1) is 9.08. The molecule has 0 aliphatic rings. The van der Waals surface area contributed by atoms with E-state index in [1.165, 1.54) is 0 Å². The van der Waals surface area contributed by atoms with E-state index in [4.69, 9.17) is 0 Å². The molecule has 0 saturated heterocycles. The van der Waals surface area contributed by atoms with Crippen molar-refractivity contribution in [2.24, 2.45) is 0 Å². The van der Waals surface area contributed by atoms with Gasteiger partial charge in [0.15, 0.2) is 0 Å². The molecule has 0 heterocycles. The fourth-order valence-electron chi connectivity index (χ4n) is 1.90. The van der Waals surface area contributed by atoms with Crippen LogP contribution < -0.4 is 5.32 Å². The van der Waals surface area contributed by atoms with E-state index in [1.807, 2.05) is 62.4 Å². The standard InChI is InChI=1S/C16H16BrNO/c1-11-10-14(17)8-9-15(11)18-16(19)12(2)13-6-4-3-5-7-13/h3-10,12H,1-2H3,(H,18,19). The van der Waals surface area contributed by atoms with Crippen molar-refractivity contribution in [3.05, 3.63) is 64.1 Å². The second kappa shape index (κ2) is 6.02. The molecule has 0 saturated carbocycles. The normalized spacial score (nSPS) is 11.9. The summed E-state index contributed by atoms with van der Waals surface area (Å²) in [5.74, 6) is -0.152. The van der Waals surface area contributed by atoms with Crippen LogP contribution in [0.15, 0.2) is 53.0 Å². The summed E-state index contributed by atoms with van der Waals surface area (Å²) in [6.07, 6.45) is 0. The van der Waals surface area contributed by atoms with Crippen molar-refractivity contribution in [1.82, 2.24) is 0 Å². The molecule has 2 rings (SSSR count). The Morgan fingerprint density at radius 3 is 2.47 bits per heavy atom. The Hall–Kier alpha value is -1.61. The van der Waals surface area contributed by atoms with Crippen molar-refractivity contribution in [2.75, 3.05) is 5.32 Å². The number of carbonyl (C=O) groups is 1. The number of carbonyl (C=O) groups excluding carboxylic acids is 1. The van der Waals surface area contributed by atoms with E-state index < -0.39 is 0 Å². The molecule has 0 aromatic heterocycles. The number of benzene rings is 2. The zero-order chi connectivity index (χ0) is 13.8. The molecular formula is C16H16BrNO. The van der Waals surface area contributed by atoms with Gasteiger partial charge in [0, 0.05) is 10.2 Å². The zero-order valence-electron chi connectivity index (χ0n) is 11.0. The fourth-order valence-corrected chi connectivity index (χ4v) is 2.38. The second-order valence-corrected chi connectivity index (χ2v) is 5.50. The van der Waals surface area contributed by atoms with E-state index >= 15 is 0 Å². The average Bonchev–Trinajstić information content (AvgIpc) is 2.42. The molecule has 0 spiro atoms. The molecule has 2 aromatic rings. The van der Waals surface area contributed by atoms with Gasteiger partial charge in [0.2, 0.25) is 5.91 Å². The summed E-state index contributed by atoms with van der Waals surface area (Å²) in [4.78, 5) is 12.2. The Labute approximate surface area is 122 Å². The molecule has 2 aromatic carbocycles. The average molecular weight is 318 g/mol. The number of hydrogen-bond donors (Lipinski definition) is 1. The first kappa shape index (κ1) is 13.8. The predicted octanol–water partition coefficient (Wildman–Crippen LogP) is 4.50. The minimum Gasteiger partial charge on any atom is -0.325 e. The van der Waals surface area contributed by atoms with E-state index in [9.17, 15) is 4.79 Å². The predicted molar refractivity (Wildman–Crippen MR) is 82.4 cm³/mol. The fraction of sp³-hybridized carbons (Fsp3) is 0.188. The lowest BCUT2D eigenvalue weighted by Crippen LogP contribution is -2.19. The Balaban J connectivity index is 2.13. The number of anilines is 1. The number of hydrogen-bond acceptors (Lipinski definition) is 1. The maximum atomic E-state index is 12.2. The van der Waals surface area contributed by atoms with Gasteiger partial charge in [-0.15, -0.1) is 0 Å². The lowest BCUT2D eigenvalue weighted by atomic mass is 10.0. The van der Waals surface area contributed by atoms with Crippen LogP contribution in [0, 0.1) is 6.92 Å². The highest BCUT2D eigenvalue weighted by Gasteiger charge is 2.15. The smallest absolute Gasteiger partial charge is 0.231 e. The van der Waals surface area contributed by atoms with Crippen LogP contribution in [0.1, 0.15) is 24.0 Å². The van der Waals surface area contributed by atoms with Crippen LogP contribution in [-0.4, -0.2) is 5.91 Å². The molecule has 2 nitrogen and oxygen atoms in total. The molecule has 1 unspecified atom stereocenters. The third-order valence-corrected chi connectivity index (χ3v) is 3.63. The van der Waals surface area contributed by atoms with Crippen molar-refractivity contribution < 1.29 is 4.79 Å². The summed E-state index contributed by atoms with van der Waals surface area (Å²) in [6, 6.07) is 15.6. The summed E-state index contributed by atoms with van der Waals surface area (Å²) in [7, 11) is 0. The summed E-state index contributed by atoms with van der Waals surface area (Å²) in [5.41, 5.74) is 2.92. The molecule has 1 amide bonds. The van der Waals surface area contributed by atoms with Crippen molar-refractivity contribution >= 4 is 27.5 Å². The van der Waals surface area contributed by atoms with Crippen LogP contribution in [-0.2, 0) is 4.79 Å². The van der Waals surface area contributed by atoms with Crippen molar-refractivity contribution in [3.63, 3.8) is 0 Å². The van der Waals surface area contributed by atoms with E-state index in [1.54, 1.807) is 0 Å². The topological polar surface area (TPSA) is 29.1 Å². The Morgan fingerprint density at radius 1 is 1.16 bits per heavy atom. The molecule has 1 N–H and O–H groups in total. The number of amides is 1. The minimum atomic E-state index is -0.163. The van der Waals surface area contributed by atoms with Crippen LogP contribution in [0.5, 0.6) is 0 Å². The molecular weight excluding hydrogens is 302 g/mol. The summed E-state index contributed by atoms with van der Waals surface area (Å²) < 4.78 is 1.01. The summed E-state index contributed by atoms with van der Waals surface area (Å²) >= 11 is 3.42. The molecule has 19 heavy (non-hydrogen) atoms. The number of nitrogens with one attached hydrogen (secondary N) is 1. The molecule has 0 radical (unpaired) electrons. The highest BCUT2D eigenvalue weighted by Crippen LogP contribution is 2.22. The van der Waals surface area contributed by atoms with E-state index in [0.717, 1.165) is 21.3 Å². The number of aryl methyl sites for hydroxylation is 1. The van der Waals surface area contributed by atoms with Gasteiger partial charge in [0.05, 0.1) is 5.92 Å². The van der Waals surface area contributed by atoms with Gasteiger partial charge >= 0.3 is 0 Å². The largest absolute Gasteiger partial charge is 0.325 e. The van der Waals surface area contributed by atoms with E-state index in [-0.39, 0.29) is 11.8 Å². The SMILES string of the molecule is Cc1cc(Br)ccc1NC(=O)C(C)c1ccccc1. The van der Waals surface area contributed by atoms with E-state index in [2.05, 4.69) is 21.2 Å². The van der Waals surface area contributed by atoms with Gasteiger partial charge in [-0.3, -0.25) is 4.79 Å². The van der Waals surface area contributed by atoms with Crippen molar-refractivity contribution in [3.8, 4) is 0 Å². The van der Waals surface area contributed by atoms with Gasteiger partial charge in [0.1, 0.15) is 0 Å². The number of halogens is 1. The van der Waals surface area contributed by atoms with Gasteiger partial charge in [-0.2, -0.15) is 0 Å². The molecule has 98 valence electrons. The highest BCUT2D eigenvalue weighted by molar-refractivity contribution is 9.10. The van der Waals surface area contributed by atoms with Crippen LogP contribution >= 0.6 is 15.9 Å². The molecule has 0 bridgehead atoms. The van der Waals surface area contributed by atoms with Gasteiger partial charge in [-0.25, -0.2) is 0 Å². The molecule has 1 atom stereocenters. The minimum absolute atomic E-state index is 0.0108. The highest BCUT2D eigenvalue weighted by atomic mass is 79.9. The molecule has 0 aliphatic heterocycles. The van der Waals surface area contributed by atoms with Crippen molar-refractivity contribution in [2.45, 2.75) is 19.8 Å². The third-order valence-electron chi connectivity index (χ3n) is 3.14. The number of rotatable bonds is 3. The van der Waals surface area contributed by atoms with E-state index in [0.29, 0.717) is 0 Å².